The van der Waals surface area contributed by atoms with Crippen molar-refractivity contribution in [3.05, 3.63) is 0 Å². The first-order chi connectivity index (χ1) is 16.7. The Labute approximate surface area is 224 Å². The van der Waals surface area contributed by atoms with Crippen LogP contribution in [0.15, 0.2) is 0 Å². The molecule has 9 heteroatoms. The molecule has 0 aliphatic rings. The Kier molecular flexibility index (Phi) is 36.3. The van der Waals surface area contributed by atoms with E-state index >= 15 is 0 Å². The van der Waals surface area contributed by atoms with E-state index in [0.717, 1.165) is 64.6 Å². The van der Waals surface area contributed by atoms with Crippen LogP contribution in [0.4, 0.5) is 0 Å². The summed E-state index contributed by atoms with van der Waals surface area (Å²) in [4.78, 5) is 41.8. The second-order valence-electron chi connectivity index (χ2n) is 8.28. The van der Waals surface area contributed by atoms with Crippen molar-refractivity contribution < 1.29 is 35.5 Å². The standard InChI is InChI=1S/2C10H18O3.2C3H7O.Sn/c2*1-2-3-4-5-6-7-9(11)8-10(12)13;2*1-2-3-4;/h2*2-8H2,1H3,(H,12,13);2*2-3H2,1H3;/q;;2*-1;+4/p-2. The van der Waals surface area contributed by atoms with E-state index in [-0.39, 0.29) is 11.6 Å². The number of ketones is 2. The SMILES string of the molecule is CCCCCCCC(=O)CC(=O)[O-].CCCCCCCC(=O)CC(=O)[O-].CCC[O][Sn+2][O]CCC. The first kappa shape index (κ1) is 38.5. The number of aliphatic carboxylic acids is 2. The van der Waals surface area contributed by atoms with Gasteiger partial charge in [-0.25, -0.2) is 0 Å². The summed E-state index contributed by atoms with van der Waals surface area (Å²) in [6, 6.07) is 0. The first-order valence-electron chi connectivity index (χ1n) is 13.2. The summed E-state index contributed by atoms with van der Waals surface area (Å²) in [5.74, 6) is -2.95. The molecule has 0 rings (SSSR count). The molecule has 204 valence electrons. The van der Waals surface area contributed by atoms with Crippen LogP contribution in [-0.2, 0) is 25.3 Å². The zero-order valence-corrected chi connectivity index (χ0v) is 25.3. The molecule has 0 aliphatic carbocycles. The average Bonchev–Trinajstić information content (AvgIpc) is 2.79. The Hall–Kier alpha value is -1.00. The van der Waals surface area contributed by atoms with Gasteiger partial charge in [0.25, 0.3) is 0 Å². The number of Topliss-reactive ketones (excluding diaryl/α,β-unsaturated/α-hetero) is 2. The van der Waals surface area contributed by atoms with Crippen molar-refractivity contribution in [2.45, 2.75) is 130 Å². The topological polar surface area (TPSA) is 133 Å². The van der Waals surface area contributed by atoms with Crippen molar-refractivity contribution in [1.82, 2.24) is 0 Å². The molecule has 0 aliphatic heterocycles. The van der Waals surface area contributed by atoms with Gasteiger partial charge in [-0.15, -0.1) is 0 Å². The first-order valence-corrected chi connectivity index (χ1v) is 15.5. The van der Waals surface area contributed by atoms with Crippen LogP contribution in [0.5, 0.6) is 0 Å². The number of rotatable bonds is 22. The van der Waals surface area contributed by atoms with Crippen LogP contribution >= 0.6 is 0 Å². The van der Waals surface area contributed by atoms with Crippen LogP contribution in [0.3, 0.4) is 0 Å². The van der Waals surface area contributed by atoms with Gasteiger partial charge in [0, 0.05) is 37.6 Å². The molecule has 0 aromatic carbocycles. The third-order valence-corrected chi connectivity index (χ3v) is 6.37. The molecule has 0 saturated heterocycles. The molecule has 0 radical (unpaired) electrons. The molecule has 0 bridgehead atoms. The molecule has 8 nitrogen and oxygen atoms in total. The summed E-state index contributed by atoms with van der Waals surface area (Å²) in [5.41, 5.74) is 0. The summed E-state index contributed by atoms with van der Waals surface area (Å²) in [5, 5.41) is 20.0. The second-order valence-corrected chi connectivity index (χ2v) is 10.4. The quantitative estimate of drug-likeness (QED) is 0.104. The van der Waals surface area contributed by atoms with Crippen molar-refractivity contribution in [2.75, 3.05) is 13.2 Å². The van der Waals surface area contributed by atoms with E-state index in [0.29, 0.717) is 12.8 Å². The van der Waals surface area contributed by atoms with Crippen LogP contribution in [0.1, 0.15) is 130 Å². The van der Waals surface area contributed by atoms with Gasteiger partial charge < -0.3 is 19.8 Å². The van der Waals surface area contributed by atoms with E-state index in [1.54, 1.807) is 0 Å². The molecule has 35 heavy (non-hydrogen) atoms. The third kappa shape index (κ3) is 43.5. The zero-order valence-electron chi connectivity index (χ0n) is 22.5. The predicted molar refractivity (Wildman–Crippen MR) is 134 cm³/mol. The number of unbranched alkanes of at least 4 members (excludes halogenated alkanes) is 8. The molecule has 0 N–H and O–H groups in total. The van der Waals surface area contributed by atoms with Gasteiger partial charge in [-0.2, -0.15) is 0 Å². The van der Waals surface area contributed by atoms with Crippen molar-refractivity contribution in [1.29, 1.82) is 0 Å². The van der Waals surface area contributed by atoms with E-state index in [4.69, 9.17) is 6.15 Å². The molecule has 0 aromatic rings. The Balaban J connectivity index is -0.000000448. The summed E-state index contributed by atoms with van der Waals surface area (Å²) < 4.78 is 10.5. The number of carbonyl (C=O) groups is 4. The van der Waals surface area contributed by atoms with E-state index in [1.165, 1.54) is 25.7 Å². The molecule has 0 heterocycles. The molecular formula is C26H48O8Sn. The predicted octanol–water partition coefficient (Wildman–Crippen LogP) is 3.49. The average molecular weight is 607 g/mol. The minimum atomic E-state index is -1.27. The van der Waals surface area contributed by atoms with Gasteiger partial charge in [-0.05, 0) is 12.8 Å². The summed E-state index contributed by atoms with van der Waals surface area (Å²) >= 11 is -0.851. The van der Waals surface area contributed by atoms with Gasteiger partial charge in [0.2, 0.25) is 0 Å². The van der Waals surface area contributed by atoms with Crippen molar-refractivity contribution >= 4 is 45.5 Å². The van der Waals surface area contributed by atoms with Gasteiger partial charge in [0.05, 0.1) is 0 Å². The molecule has 0 fully saturated rings. The monoisotopic (exact) mass is 608 g/mol. The Morgan fingerprint density at radius 3 is 1.17 bits per heavy atom. The van der Waals surface area contributed by atoms with Gasteiger partial charge in [-0.1, -0.05) is 65.2 Å². The van der Waals surface area contributed by atoms with E-state index in [2.05, 4.69) is 27.7 Å². The normalized spacial score (nSPS) is 9.71. The van der Waals surface area contributed by atoms with Crippen LogP contribution in [0.25, 0.3) is 0 Å². The maximum absolute atomic E-state index is 10.9. The van der Waals surface area contributed by atoms with Crippen molar-refractivity contribution in [3.63, 3.8) is 0 Å². The molecule has 0 saturated carbocycles. The fourth-order valence-corrected chi connectivity index (χ4v) is 4.56. The molecule has 0 atom stereocenters. The van der Waals surface area contributed by atoms with Gasteiger partial charge in [0.15, 0.2) is 0 Å². The van der Waals surface area contributed by atoms with Gasteiger partial charge in [-0.3, -0.25) is 9.59 Å². The minimum absolute atomic E-state index is 0.212. The molecular weight excluding hydrogens is 559 g/mol. The van der Waals surface area contributed by atoms with E-state index in [9.17, 15) is 29.4 Å². The molecule has 0 amide bonds. The summed E-state index contributed by atoms with van der Waals surface area (Å²) in [6.07, 6.45) is 12.8. The summed E-state index contributed by atoms with van der Waals surface area (Å²) in [6.45, 7) is 10.2. The van der Waals surface area contributed by atoms with Gasteiger partial charge in [0.1, 0.15) is 11.6 Å². The number of carbonyl (C=O) groups excluding carboxylic acids is 4. The van der Waals surface area contributed by atoms with E-state index in [1.807, 2.05) is 0 Å². The van der Waals surface area contributed by atoms with Crippen LogP contribution in [0, 0.1) is 0 Å². The number of hydrogen-bond acceptors (Lipinski definition) is 8. The molecule has 0 spiro atoms. The fourth-order valence-electron chi connectivity index (χ4n) is 2.68. The maximum atomic E-state index is 10.9. The fraction of sp³-hybridized carbons (Fsp3) is 0.846. The van der Waals surface area contributed by atoms with Crippen molar-refractivity contribution in [2.24, 2.45) is 0 Å². The van der Waals surface area contributed by atoms with E-state index < -0.39 is 46.8 Å². The van der Waals surface area contributed by atoms with Crippen LogP contribution in [0.2, 0.25) is 0 Å². The Morgan fingerprint density at radius 1 is 0.543 bits per heavy atom. The Bertz CT molecular complexity index is 468. The number of carboxylic acid groups (broad SMARTS) is 2. The summed E-state index contributed by atoms with van der Waals surface area (Å²) in [7, 11) is 0. The zero-order chi connectivity index (χ0) is 27.2. The van der Waals surface area contributed by atoms with Crippen LogP contribution in [-0.4, -0.2) is 58.7 Å². The van der Waals surface area contributed by atoms with Crippen LogP contribution < -0.4 is 10.2 Å². The number of hydrogen-bond donors (Lipinski definition) is 0. The molecule has 0 unspecified atom stereocenters. The Morgan fingerprint density at radius 2 is 0.886 bits per heavy atom. The second kappa shape index (κ2) is 33.0. The number of carboxylic acids is 2. The molecule has 0 aromatic heterocycles. The van der Waals surface area contributed by atoms with Crippen molar-refractivity contribution in [3.8, 4) is 0 Å². The van der Waals surface area contributed by atoms with Gasteiger partial charge >= 0.3 is 68.0 Å². The third-order valence-electron chi connectivity index (χ3n) is 4.53.